The van der Waals surface area contributed by atoms with E-state index in [4.69, 9.17) is 0 Å². The van der Waals surface area contributed by atoms with Gasteiger partial charge in [-0.15, -0.1) is 0 Å². The molecular formula is C22H25N3. The fraction of sp³-hybridized carbons (Fsp3) is 0.409. The molecule has 1 N–H and O–H groups in total. The Bertz CT molecular complexity index is 795. The van der Waals surface area contributed by atoms with Crippen molar-refractivity contribution >= 4 is 6.08 Å². The number of nitrogens with zero attached hydrogens (tertiary/aromatic N) is 2. The van der Waals surface area contributed by atoms with Crippen molar-refractivity contribution in [2.24, 2.45) is 5.41 Å². The third kappa shape index (κ3) is 2.92. The van der Waals surface area contributed by atoms with Crippen LogP contribution in [0, 0.1) is 5.41 Å². The zero-order chi connectivity index (χ0) is 16.7. The van der Waals surface area contributed by atoms with Gasteiger partial charge in [0.1, 0.15) is 0 Å². The van der Waals surface area contributed by atoms with Crippen molar-refractivity contribution in [1.82, 2.24) is 15.2 Å². The number of allylic oxidation sites excluding steroid dienone is 1. The first-order chi connectivity index (χ1) is 12.3. The topological polar surface area (TPSA) is 28.2 Å². The molecule has 1 aliphatic carbocycles. The molecule has 25 heavy (non-hydrogen) atoms. The molecule has 5 rings (SSSR count). The highest BCUT2D eigenvalue weighted by Gasteiger charge is 2.45. The molecule has 3 nitrogen and oxygen atoms in total. The average molecular weight is 331 g/mol. The van der Waals surface area contributed by atoms with Crippen LogP contribution in [-0.4, -0.2) is 29.5 Å². The highest BCUT2D eigenvalue weighted by molar-refractivity contribution is 5.60. The molecule has 1 aromatic carbocycles. The van der Waals surface area contributed by atoms with Crippen molar-refractivity contribution in [1.29, 1.82) is 0 Å². The van der Waals surface area contributed by atoms with Gasteiger partial charge in [-0.05, 0) is 35.6 Å². The van der Waals surface area contributed by atoms with Crippen LogP contribution in [0.15, 0.2) is 48.2 Å². The number of aromatic nitrogens is 1. The third-order valence-corrected chi connectivity index (χ3v) is 6.04. The maximum absolute atomic E-state index is 4.66. The molecule has 3 heteroatoms. The van der Waals surface area contributed by atoms with Gasteiger partial charge in [0.2, 0.25) is 0 Å². The Hall–Kier alpha value is -1.97. The SMILES string of the molecule is C(=C1CC2(CNC2)C1)c1ccnc2c1CN(Cc1ccccc1)CC2. The third-order valence-electron chi connectivity index (χ3n) is 6.04. The van der Waals surface area contributed by atoms with E-state index in [1.54, 1.807) is 5.57 Å². The summed E-state index contributed by atoms with van der Waals surface area (Å²) >= 11 is 0. The first kappa shape index (κ1) is 15.3. The Labute approximate surface area is 149 Å². The Morgan fingerprint density at radius 1 is 1.12 bits per heavy atom. The van der Waals surface area contributed by atoms with E-state index in [2.05, 4.69) is 57.7 Å². The molecule has 3 heterocycles. The van der Waals surface area contributed by atoms with Gasteiger partial charge in [-0.3, -0.25) is 9.88 Å². The van der Waals surface area contributed by atoms with Crippen molar-refractivity contribution < 1.29 is 0 Å². The summed E-state index contributed by atoms with van der Waals surface area (Å²) in [6.45, 7) is 5.57. The van der Waals surface area contributed by atoms with E-state index >= 15 is 0 Å². The first-order valence-corrected chi connectivity index (χ1v) is 9.43. The summed E-state index contributed by atoms with van der Waals surface area (Å²) in [5.41, 5.74) is 7.78. The summed E-state index contributed by atoms with van der Waals surface area (Å²) < 4.78 is 0. The van der Waals surface area contributed by atoms with E-state index in [1.807, 2.05) is 6.20 Å². The van der Waals surface area contributed by atoms with Crippen LogP contribution < -0.4 is 5.32 Å². The van der Waals surface area contributed by atoms with Gasteiger partial charge in [0.15, 0.2) is 0 Å². The number of nitrogens with one attached hydrogen (secondary N) is 1. The van der Waals surface area contributed by atoms with E-state index in [0.717, 1.165) is 26.1 Å². The lowest BCUT2D eigenvalue weighted by atomic mass is 9.61. The normalized spacial score (nSPS) is 21.4. The second kappa shape index (κ2) is 6.08. The van der Waals surface area contributed by atoms with Gasteiger partial charge in [0, 0.05) is 56.5 Å². The average Bonchev–Trinajstić information content (AvgIpc) is 2.57. The molecular weight excluding hydrogens is 306 g/mol. The lowest BCUT2D eigenvalue weighted by Crippen LogP contribution is -2.57. The molecule has 0 bridgehead atoms. The maximum Gasteiger partial charge on any atom is 0.0467 e. The number of hydrogen-bond donors (Lipinski definition) is 1. The van der Waals surface area contributed by atoms with Crippen molar-refractivity contribution in [2.45, 2.75) is 32.4 Å². The lowest BCUT2D eigenvalue weighted by molar-refractivity contribution is 0.113. The highest BCUT2D eigenvalue weighted by atomic mass is 15.1. The Morgan fingerprint density at radius 2 is 1.96 bits per heavy atom. The summed E-state index contributed by atoms with van der Waals surface area (Å²) in [6, 6.07) is 13.0. The van der Waals surface area contributed by atoms with Crippen molar-refractivity contribution in [3.8, 4) is 0 Å². The van der Waals surface area contributed by atoms with E-state index in [-0.39, 0.29) is 0 Å². The minimum absolute atomic E-state index is 0.609. The van der Waals surface area contributed by atoms with Crippen LogP contribution in [0.2, 0.25) is 0 Å². The summed E-state index contributed by atoms with van der Waals surface area (Å²) in [5, 5.41) is 3.42. The smallest absolute Gasteiger partial charge is 0.0467 e. The van der Waals surface area contributed by atoms with Crippen LogP contribution in [-0.2, 0) is 19.5 Å². The summed E-state index contributed by atoms with van der Waals surface area (Å²) in [4.78, 5) is 7.22. The second-order valence-electron chi connectivity index (χ2n) is 8.03. The Balaban J connectivity index is 1.34. The van der Waals surface area contributed by atoms with Crippen LogP contribution >= 0.6 is 0 Å². The van der Waals surface area contributed by atoms with Crippen LogP contribution in [0.5, 0.6) is 0 Å². The lowest BCUT2D eigenvalue weighted by Gasteiger charge is -2.51. The summed E-state index contributed by atoms with van der Waals surface area (Å²) in [6.07, 6.45) is 8.08. The Kier molecular flexibility index (Phi) is 3.72. The fourth-order valence-corrected chi connectivity index (χ4v) is 4.59. The zero-order valence-corrected chi connectivity index (χ0v) is 14.7. The van der Waals surface area contributed by atoms with Crippen molar-refractivity contribution in [3.05, 3.63) is 70.6 Å². The van der Waals surface area contributed by atoms with Crippen molar-refractivity contribution in [3.63, 3.8) is 0 Å². The van der Waals surface area contributed by atoms with Gasteiger partial charge >= 0.3 is 0 Å². The zero-order valence-electron chi connectivity index (χ0n) is 14.7. The first-order valence-electron chi connectivity index (χ1n) is 9.43. The fourth-order valence-electron chi connectivity index (χ4n) is 4.59. The van der Waals surface area contributed by atoms with Crippen molar-refractivity contribution in [2.75, 3.05) is 19.6 Å². The van der Waals surface area contributed by atoms with Gasteiger partial charge < -0.3 is 5.32 Å². The number of rotatable bonds is 3. The monoisotopic (exact) mass is 331 g/mol. The predicted octanol–water partition coefficient (Wildman–Crippen LogP) is 3.41. The van der Waals surface area contributed by atoms with Gasteiger partial charge in [0.05, 0.1) is 0 Å². The second-order valence-corrected chi connectivity index (χ2v) is 8.03. The number of hydrogen-bond acceptors (Lipinski definition) is 3. The molecule has 2 aromatic rings. The summed E-state index contributed by atoms with van der Waals surface area (Å²) in [7, 11) is 0. The molecule has 3 aliphatic rings. The quantitative estimate of drug-likeness (QED) is 0.934. The van der Waals surface area contributed by atoms with Gasteiger partial charge in [-0.2, -0.15) is 0 Å². The number of benzene rings is 1. The van der Waals surface area contributed by atoms with Gasteiger partial charge in [0.25, 0.3) is 0 Å². The van der Waals surface area contributed by atoms with E-state index in [0.29, 0.717) is 5.41 Å². The molecule has 1 saturated carbocycles. The van der Waals surface area contributed by atoms with Crippen LogP contribution in [0.4, 0.5) is 0 Å². The van der Waals surface area contributed by atoms with E-state index < -0.39 is 0 Å². The molecule has 1 aromatic heterocycles. The molecule has 1 spiro atoms. The van der Waals surface area contributed by atoms with Crippen LogP contribution in [0.25, 0.3) is 6.08 Å². The minimum atomic E-state index is 0.609. The number of fused-ring (bicyclic) bond motifs is 1. The molecule has 0 radical (unpaired) electrons. The molecule has 2 fully saturated rings. The van der Waals surface area contributed by atoms with E-state index in [1.165, 1.54) is 48.3 Å². The molecule has 0 atom stereocenters. The Morgan fingerprint density at radius 3 is 2.72 bits per heavy atom. The molecule has 2 aliphatic heterocycles. The van der Waals surface area contributed by atoms with Crippen LogP contribution in [0.1, 0.15) is 35.2 Å². The predicted molar refractivity (Wildman–Crippen MR) is 101 cm³/mol. The number of pyridine rings is 1. The molecule has 1 saturated heterocycles. The maximum atomic E-state index is 4.66. The van der Waals surface area contributed by atoms with Gasteiger partial charge in [-0.25, -0.2) is 0 Å². The highest BCUT2D eigenvalue weighted by Crippen LogP contribution is 2.48. The molecule has 128 valence electrons. The van der Waals surface area contributed by atoms with Gasteiger partial charge in [-0.1, -0.05) is 42.0 Å². The van der Waals surface area contributed by atoms with Crippen LogP contribution in [0.3, 0.4) is 0 Å². The largest absolute Gasteiger partial charge is 0.315 e. The standard InChI is InChI=1S/C22H25N3/c1-2-4-17(5-3-1)13-25-9-7-21-20(14-25)19(6-8-24-21)10-18-11-22(12-18)15-23-16-22/h1-6,8,10,23H,7,9,11-16H2. The summed E-state index contributed by atoms with van der Waals surface area (Å²) in [5.74, 6) is 0. The molecule has 0 amide bonds. The minimum Gasteiger partial charge on any atom is -0.315 e. The molecule has 0 unspecified atom stereocenters. The van der Waals surface area contributed by atoms with E-state index in [9.17, 15) is 0 Å².